The van der Waals surface area contributed by atoms with Crippen molar-refractivity contribution in [2.24, 2.45) is 11.7 Å². The molecule has 0 aliphatic heterocycles. The lowest BCUT2D eigenvalue weighted by molar-refractivity contribution is -0.143. The minimum atomic E-state index is -1.52. The molecule has 0 bridgehead atoms. The van der Waals surface area contributed by atoms with Crippen molar-refractivity contribution < 1.29 is 39.3 Å². The van der Waals surface area contributed by atoms with E-state index in [1.165, 1.54) is 6.92 Å². The van der Waals surface area contributed by atoms with E-state index >= 15 is 0 Å². The second kappa shape index (κ2) is 13.3. The molecule has 5 unspecified atom stereocenters. The molecule has 188 valence electrons. The molecule has 0 aliphatic carbocycles. The largest absolute Gasteiger partial charge is 0.481 e. The van der Waals surface area contributed by atoms with Crippen molar-refractivity contribution >= 4 is 29.7 Å². The lowest BCUT2D eigenvalue weighted by atomic mass is 10.0. The normalized spacial score (nSPS) is 15.4. The molecule has 0 saturated carbocycles. The summed E-state index contributed by atoms with van der Waals surface area (Å²) in [5.41, 5.74) is 6.19. The van der Waals surface area contributed by atoms with E-state index in [1.807, 2.05) is 0 Å². The summed E-state index contributed by atoms with van der Waals surface area (Å²) in [4.78, 5) is 60.1. The molecule has 1 aromatic rings. The van der Waals surface area contributed by atoms with Gasteiger partial charge in [-0.3, -0.25) is 19.2 Å². The predicted octanol–water partition coefficient (Wildman–Crippen LogP) is -1.39. The molecule has 34 heavy (non-hydrogen) atoms. The van der Waals surface area contributed by atoms with Gasteiger partial charge >= 0.3 is 11.9 Å². The molecule has 0 spiro atoms. The highest BCUT2D eigenvalue weighted by Gasteiger charge is 2.34. The number of nitrogens with two attached hydrogens (primary N) is 1. The summed E-state index contributed by atoms with van der Waals surface area (Å²) in [5.74, 6) is -5.70. The molecular weight excluding hydrogens is 448 g/mol. The van der Waals surface area contributed by atoms with Crippen LogP contribution in [0.2, 0.25) is 0 Å². The second-order valence-corrected chi connectivity index (χ2v) is 8.25. The lowest BCUT2D eigenvalue weighted by Gasteiger charge is -2.28. The van der Waals surface area contributed by atoms with Crippen molar-refractivity contribution in [3.8, 4) is 0 Å². The van der Waals surface area contributed by atoms with E-state index in [-0.39, 0.29) is 6.42 Å². The molecule has 12 nitrogen and oxygen atoms in total. The van der Waals surface area contributed by atoms with Crippen LogP contribution in [0.5, 0.6) is 0 Å². The van der Waals surface area contributed by atoms with Gasteiger partial charge in [-0.05, 0) is 18.4 Å². The third-order valence-electron chi connectivity index (χ3n) is 4.94. The molecule has 0 radical (unpaired) electrons. The van der Waals surface area contributed by atoms with E-state index in [4.69, 9.17) is 10.8 Å². The Morgan fingerprint density at radius 3 is 1.85 bits per heavy atom. The number of carboxylic acid groups (broad SMARTS) is 2. The fraction of sp³-hybridized carbons (Fsp3) is 0.500. The van der Waals surface area contributed by atoms with Gasteiger partial charge < -0.3 is 37.0 Å². The Morgan fingerprint density at radius 1 is 0.853 bits per heavy atom. The Bertz CT molecular complexity index is 875. The Kier molecular flexibility index (Phi) is 11.1. The first-order valence-electron chi connectivity index (χ1n) is 10.7. The van der Waals surface area contributed by atoms with Crippen LogP contribution in [0.25, 0.3) is 0 Å². The molecule has 0 aliphatic rings. The number of hydrogen-bond donors (Lipinski definition) is 7. The highest BCUT2D eigenvalue weighted by atomic mass is 16.4. The van der Waals surface area contributed by atoms with E-state index in [0.29, 0.717) is 5.56 Å². The van der Waals surface area contributed by atoms with Crippen LogP contribution in [0, 0.1) is 5.92 Å². The number of carbonyl (C=O) groups is 5. The van der Waals surface area contributed by atoms with Crippen molar-refractivity contribution in [1.82, 2.24) is 16.0 Å². The molecule has 0 heterocycles. The van der Waals surface area contributed by atoms with Crippen LogP contribution in [0.15, 0.2) is 30.3 Å². The fourth-order valence-corrected chi connectivity index (χ4v) is 3.04. The van der Waals surface area contributed by atoms with Crippen molar-refractivity contribution in [3.05, 3.63) is 35.9 Å². The van der Waals surface area contributed by atoms with Gasteiger partial charge in [0.05, 0.1) is 18.6 Å². The number of aliphatic hydroxyl groups excluding tert-OH is 1. The number of hydrogen-bond acceptors (Lipinski definition) is 7. The van der Waals surface area contributed by atoms with Crippen LogP contribution in [-0.4, -0.2) is 75.3 Å². The summed E-state index contributed by atoms with van der Waals surface area (Å²) < 4.78 is 0. The molecule has 5 atom stereocenters. The maximum atomic E-state index is 12.8. The van der Waals surface area contributed by atoms with Gasteiger partial charge in [0.25, 0.3) is 0 Å². The SMILES string of the molecule is CC(C)C(NC(=O)C(N)CC(=O)O)C(=O)NC(C(=O)NC(Cc1ccccc1)C(=O)O)C(C)O. The Morgan fingerprint density at radius 2 is 1.38 bits per heavy atom. The van der Waals surface area contributed by atoms with Gasteiger partial charge in [-0.1, -0.05) is 44.2 Å². The predicted molar refractivity (Wildman–Crippen MR) is 120 cm³/mol. The van der Waals surface area contributed by atoms with E-state index < -0.39 is 72.3 Å². The number of carbonyl (C=O) groups excluding carboxylic acids is 3. The zero-order valence-electron chi connectivity index (χ0n) is 19.2. The van der Waals surface area contributed by atoms with Crippen LogP contribution in [0.4, 0.5) is 0 Å². The van der Waals surface area contributed by atoms with E-state index in [0.717, 1.165) is 0 Å². The Labute approximate surface area is 196 Å². The van der Waals surface area contributed by atoms with Crippen molar-refractivity contribution in [3.63, 3.8) is 0 Å². The summed E-state index contributed by atoms with van der Waals surface area (Å²) in [5, 5.41) is 35.3. The van der Waals surface area contributed by atoms with Gasteiger partial charge in [-0.2, -0.15) is 0 Å². The average Bonchev–Trinajstić information content (AvgIpc) is 2.74. The monoisotopic (exact) mass is 480 g/mol. The van der Waals surface area contributed by atoms with E-state index in [1.54, 1.807) is 44.2 Å². The van der Waals surface area contributed by atoms with Gasteiger partial charge in [0, 0.05) is 6.42 Å². The molecule has 8 N–H and O–H groups in total. The average molecular weight is 481 g/mol. The topological polar surface area (TPSA) is 208 Å². The zero-order valence-corrected chi connectivity index (χ0v) is 19.2. The zero-order chi connectivity index (χ0) is 26.0. The molecule has 3 amide bonds. The summed E-state index contributed by atoms with van der Waals surface area (Å²) in [6, 6.07) is 3.17. The van der Waals surface area contributed by atoms with Crippen LogP contribution in [0.3, 0.4) is 0 Å². The highest BCUT2D eigenvalue weighted by molar-refractivity contribution is 5.95. The molecular formula is C22H32N4O8. The first-order valence-corrected chi connectivity index (χ1v) is 10.7. The van der Waals surface area contributed by atoms with Crippen molar-refractivity contribution in [2.75, 3.05) is 0 Å². The van der Waals surface area contributed by atoms with Gasteiger partial charge in [-0.15, -0.1) is 0 Å². The summed E-state index contributed by atoms with van der Waals surface area (Å²) in [6.07, 6.45) is -2.06. The van der Waals surface area contributed by atoms with Gasteiger partial charge in [0.2, 0.25) is 17.7 Å². The smallest absolute Gasteiger partial charge is 0.326 e. The van der Waals surface area contributed by atoms with Crippen LogP contribution in [-0.2, 0) is 30.4 Å². The van der Waals surface area contributed by atoms with Crippen LogP contribution in [0.1, 0.15) is 32.8 Å². The summed E-state index contributed by atoms with van der Waals surface area (Å²) in [6.45, 7) is 4.44. The Balaban J connectivity index is 2.93. The summed E-state index contributed by atoms with van der Waals surface area (Å²) >= 11 is 0. The summed E-state index contributed by atoms with van der Waals surface area (Å²) in [7, 11) is 0. The van der Waals surface area contributed by atoms with Crippen LogP contribution >= 0.6 is 0 Å². The lowest BCUT2D eigenvalue weighted by Crippen LogP contribution is -2.61. The fourth-order valence-electron chi connectivity index (χ4n) is 3.04. The first-order chi connectivity index (χ1) is 15.8. The van der Waals surface area contributed by atoms with Crippen LogP contribution < -0.4 is 21.7 Å². The van der Waals surface area contributed by atoms with Crippen molar-refractivity contribution in [1.29, 1.82) is 0 Å². The third-order valence-corrected chi connectivity index (χ3v) is 4.94. The molecule has 0 aromatic heterocycles. The molecule has 0 fully saturated rings. The quantitative estimate of drug-likeness (QED) is 0.177. The number of nitrogens with one attached hydrogen (secondary N) is 3. The van der Waals surface area contributed by atoms with Crippen molar-refractivity contribution in [2.45, 2.75) is 63.9 Å². The first kappa shape index (κ1) is 28.5. The standard InChI is InChI=1S/C22H32N4O8/c1-11(2)17(25-19(30)14(23)10-16(28)29)20(31)26-18(12(3)27)21(32)24-15(22(33)34)9-13-7-5-4-6-8-13/h4-8,11-12,14-15,17-18,27H,9-10,23H2,1-3H3,(H,24,32)(H,25,30)(H,26,31)(H,28,29)(H,33,34). The Hall–Kier alpha value is -3.51. The molecule has 12 heteroatoms. The van der Waals surface area contributed by atoms with E-state index in [2.05, 4.69) is 16.0 Å². The van der Waals surface area contributed by atoms with E-state index in [9.17, 15) is 34.2 Å². The highest BCUT2D eigenvalue weighted by Crippen LogP contribution is 2.07. The number of amides is 3. The second-order valence-electron chi connectivity index (χ2n) is 8.25. The minimum Gasteiger partial charge on any atom is -0.481 e. The number of rotatable bonds is 13. The van der Waals surface area contributed by atoms with Gasteiger partial charge in [0.15, 0.2) is 0 Å². The number of carboxylic acids is 2. The number of aliphatic hydroxyl groups is 1. The molecule has 1 rings (SSSR count). The minimum absolute atomic E-state index is 0.0193. The third kappa shape index (κ3) is 9.16. The molecule has 1 aromatic carbocycles. The van der Waals surface area contributed by atoms with Gasteiger partial charge in [-0.25, -0.2) is 4.79 Å². The van der Waals surface area contributed by atoms with Gasteiger partial charge in [0.1, 0.15) is 18.1 Å². The molecule has 0 saturated heterocycles. The maximum Gasteiger partial charge on any atom is 0.326 e. The maximum absolute atomic E-state index is 12.8. The number of aliphatic carboxylic acids is 2. The number of benzene rings is 1.